The Kier molecular flexibility index (Phi) is 5.99. The lowest BCUT2D eigenvalue weighted by Crippen LogP contribution is -2.42. The number of aromatic nitrogens is 2. The van der Waals surface area contributed by atoms with E-state index in [0.29, 0.717) is 15.1 Å². The number of amides is 1. The smallest absolute Gasteiger partial charge is 0.262 e. The molecule has 1 amide bonds. The van der Waals surface area contributed by atoms with Crippen molar-refractivity contribution < 1.29 is 4.79 Å². The predicted molar refractivity (Wildman–Crippen MR) is 107 cm³/mol. The van der Waals surface area contributed by atoms with Crippen LogP contribution in [0.5, 0.6) is 0 Å². The molecule has 0 radical (unpaired) electrons. The number of nitrogens with zero attached hydrogens (tertiary/aromatic N) is 2. The van der Waals surface area contributed by atoms with Crippen molar-refractivity contribution in [1.82, 2.24) is 20.2 Å². The molecular formula is C18H25ClN4O2S. The van der Waals surface area contributed by atoms with E-state index in [9.17, 15) is 9.59 Å². The monoisotopic (exact) mass is 396 g/mol. The molecule has 2 aromatic rings. The van der Waals surface area contributed by atoms with Crippen LogP contribution in [-0.2, 0) is 13.0 Å². The van der Waals surface area contributed by atoms with E-state index in [4.69, 9.17) is 4.98 Å². The van der Waals surface area contributed by atoms with Gasteiger partial charge >= 0.3 is 0 Å². The van der Waals surface area contributed by atoms with Crippen LogP contribution < -0.4 is 16.2 Å². The van der Waals surface area contributed by atoms with Gasteiger partial charge in [-0.25, -0.2) is 4.98 Å². The summed E-state index contributed by atoms with van der Waals surface area (Å²) in [6.07, 6.45) is 5.98. The number of rotatable bonds is 2. The van der Waals surface area contributed by atoms with Crippen molar-refractivity contribution in [2.75, 3.05) is 13.1 Å². The average molecular weight is 397 g/mol. The number of hydrogen-bond acceptors (Lipinski definition) is 5. The molecule has 2 aliphatic rings. The van der Waals surface area contributed by atoms with Gasteiger partial charge in [-0.15, -0.1) is 23.7 Å². The zero-order valence-electron chi connectivity index (χ0n) is 15.0. The van der Waals surface area contributed by atoms with Crippen LogP contribution in [0.4, 0.5) is 0 Å². The highest BCUT2D eigenvalue weighted by Crippen LogP contribution is 2.28. The molecule has 1 fully saturated rings. The Morgan fingerprint density at radius 3 is 2.81 bits per heavy atom. The Balaban J connectivity index is 0.00000196. The number of piperidine rings is 1. The third-order valence-corrected chi connectivity index (χ3v) is 6.48. The molecule has 8 heteroatoms. The van der Waals surface area contributed by atoms with Crippen LogP contribution in [0.3, 0.4) is 0 Å². The van der Waals surface area contributed by atoms with E-state index in [1.807, 2.05) is 11.5 Å². The third kappa shape index (κ3) is 3.52. The molecule has 26 heavy (non-hydrogen) atoms. The fourth-order valence-electron chi connectivity index (χ4n) is 3.84. The third-order valence-electron chi connectivity index (χ3n) is 5.29. The molecule has 4 heterocycles. The molecule has 0 bridgehead atoms. The molecule has 2 aliphatic heterocycles. The first-order chi connectivity index (χ1) is 12.1. The van der Waals surface area contributed by atoms with Crippen molar-refractivity contribution in [3.05, 3.63) is 26.6 Å². The van der Waals surface area contributed by atoms with Gasteiger partial charge in [0.2, 0.25) is 0 Å². The van der Waals surface area contributed by atoms with Gasteiger partial charge in [-0.1, -0.05) is 6.42 Å². The normalized spacial score (nSPS) is 18.0. The summed E-state index contributed by atoms with van der Waals surface area (Å²) in [5.74, 6) is 0.813. The molecule has 0 saturated carbocycles. The summed E-state index contributed by atoms with van der Waals surface area (Å²) < 4.78 is 1.82. The van der Waals surface area contributed by atoms with E-state index in [2.05, 4.69) is 10.6 Å². The van der Waals surface area contributed by atoms with Crippen molar-refractivity contribution in [3.8, 4) is 0 Å². The van der Waals surface area contributed by atoms with E-state index < -0.39 is 0 Å². The summed E-state index contributed by atoms with van der Waals surface area (Å²) in [4.78, 5) is 31.8. The first-order valence-corrected chi connectivity index (χ1v) is 10.0. The average Bonchev–Trinajstić information content (AvgIpc) is 2.79. The fourth-order valence-corrected chi connectivity index (χ4v) is 4.94. The highest BCUT2D eigenvalue weighted by Gasteiger charge is 2.24. The van der Waals surface area contributed by atoms with Gasteiger partial charge in [0.25, 0.3) is 11.5 Å². The van der Waals surface area contributed by atoms with Crippen LogP contribution >= 0.6 is 23.7 Å². The van der Waals surface area contributed by atoms with E-state index in [-0.39, 0.29) is 29.9 Å². The number of hydrogen-bond donors (Lipinski definition) is 2. The van der Waals surface area contributed by atoms with Gasteiger partial charge in [0.05, 0.1) is 10.3 Å². The topological polar surface area (TPSA) is 76.0 Å². The summed E-state index contributed by atoms with van der Waals surface area (Å²) in [5, 5.41) is 7.06. The molecule has 0 spiro atoms. The van der Waals surface area contributed by atoms with Crippen molar-refractivity contribution in [2.24, 2.45) is 0 Å². The molecule has 0 aromatic carbocycles. The second-order valence-electron chi connectivity index (χ2n) is 7.03. The molecule has 2 aromatic heterocycles. The Bertz CT molecular complexity index is 870. The van der Waals surface area contributed by atoms with Crippen LogP contribution in [0.15, 0.2) is 4.79 Å². The number of halogens is 1. The highest BCUT2D eigenvalue weighted by molar-refractivity contribution is 7.20. The molecule has 0 unspecified atom stereocenters. The Morgan fingerprint density at radius 1 is 1.27 bits per heavy atom. The number of carbonyl (C=O) groups excluding carboxylic acids is 1. The largest absolute Gasteiger partial charge is 0.349 e. The lowest BCUT2D eigenvalue weighted by atomic mass is 10.1. The molecule has 142 valence electrons. The summed E-state index contributed by atoms with van der Waals surface area (Å²) in [6.45, 7) is 4.49. The number of fused-ring (bicyclic) bond motifs is 2. The summed E-state index contributed by atoms with van der Waals surface area (Å²) in [6, 6.07) is 0.212. The quantitative estimate of drug-likeness (QED) is 0.817. The standard InChI is InChI=1S/C18H24N4O2S.ClH/c1-11-14-17(21-13-5-3-2-4-10-22(13)18(14)24)25-15(11)16(23)20-12-6-8-19-9-7-12;/h12,19H,2-10H2,1H3,(H,20,23);1H. The second kappa shape index (κ2) is 8.06. The summed E-state index contributed by atoms with van der Waals surface area (Å²) >= 11 is 1.36. The van der Waals surface area contributed by atoms with Gasteiger partial charge in [0, 0.05) is 19.0 Å². The SMILES string of the molecule is Cc1c(C(=O)NC2CCNCC2)sc2nc3n(c(=O)c12)CCCCC3.Cl. The maximum atomic E-state index is 13.0. The molecule has 0 aliphatic carbocycles. The van der Waals surface area contributed by atoms with Gasteiger partial charge in [-0.05, 0) is 51.3 Å². The molecular weight excluding hydrogens is 372 g/mol. The van der Waals surface area contributed by atoms with Crippen molar-refractivity contribution in [1.29, 1.82) is 0 Å². The molecule has 4 rings (SSSR count). The van der Waals surface area contributed by atoms with Crippen LogP contribution in [0.25, 0.3) is 10.2 Å². The first kappa shape index (κ1) is 19.3. The molecule has 6 nitrogen and oxygen atoms in total. The lowest BCUT2D eigenvalue weighted by Gasteiger charge is -2.23. The van der Waals surface area contributed by atoms with Crippen LogP contribution in [-0.4, -0.2) is 34.6 Å². The minimum Gasteiger partial charge on any atom is -0.349 e. The number of thiophene rings is 1. The van der Waals surface area contributed by atoms with Crippen LogP contribution in [0, 0.1) is 6.92 Å². The Labute approximate surface area is 162 Å². The maximum absolute atomic E-state index is 13.0. The predicted octanol–water partition coefficient (Wildman–Crippen LogP) is 2.40. The second-order valence-corrected chi connectivity index (χ2v) is 8.03. The number of nitrogens with one attached hydrogen (secondary N) is 2. The zero-order valence-corrected chi connectivity index (χ0v) is 16.6. The van der Waals surface area contributed by atoms with Gasteiger partial charge in [0.15, 0.2) is 0 Å². The molecule has 1 saturated heterocycles. The first-order valence-electron chi connectivity index (χ1n) is 9.19. The Hall–Kier alpha value is -1.44. The minimum absolute atomic E-state index is 0. The van der Waals surface area contributed by atoms with E-state index >= 15 is 0 Å². The van der Waals surface area contributed by atoms with Gasteiger partial charge in [-0.2, -0.15) is 0 Å². The minimum atomic E-state index is -0.0630. The summed E-state index contributed by atoms with van der Waals surface area (Å²) in [5.41, 5.74) is 0.806. The van der Waals surface area contributed by atoms with Crippen LogP contribution in [0.2, 0.25) is 0 Å². The van der Waals surface area contributed by atoms with Crippen molar-refractivity contribution in [3.63, 3.8) is 0 Å². The summed E-state index contributed by atoms with van der Waals surface area (Å²) in [7, 11) is 0. The Morgan fingerprint density at radius 2 is 2.04 bits per heavy atom. The number of carbonyl (C=O) groups is 1. The van der Waals surface area contributed by atoms with Crippen molar-refractivity contribution >= 4 is 39.9 Å². The fraction of sp³-hybridized carbons (Fsp3) is 0.611. The van der Waals surface area contributed by atoms with E-state index in [1.54, 1.807) is 0 Å². The maximum Gasteiger partial charge on any atom is 0.262 e. The van der Waals surface area contributed by atoms with E-state index in [1.165, 1.54) is 11.3 Å². The van der Waals surface area contributed by atoms with Gasteiger partial charge in [0.1, 0.15) is 10.7 Å². The van der Waals surface area contributed by atoms with Gasteiger partial charge in [-0.3, -0.25) is 14.2 Å². The van der Waals surface area contributed by atoms with Crippen molar-refractivity contribution in [2.45, 2.75) is 58.0 Å². The van der Waals surface area contributed by atoms with Crippen LogP contribution in [0.1, 0.15) is 53.2 Å². The molecule has 2 N–H and O–H groups in total. The molecule has 0 atom stereocenters. The lowest BCUT2D eigenvalue weighted by molar-refractivity contribution is 0.0933. The number of aryl methyl sites for hydroxylation is 2. The van der Waals surface area contributed by atoms with E-state index in [0.717, 1.165) is 69.5 Å². The van der Waals surface area contributed by atoms with Gasteiger partial charge < -0.3 is 10.6 Å². The zero-order chi connectivity index (χ0) is 17.4. The highest BCUT2D eigenvalue weighted by atomic mass is 35.5.